The van der Waals surface area contributed by atoms with Gasteiger partial charge in [-0.1, -0.05) is 41.5 Å². The van der Waals surface area contributed by atoms with Gasteiger partial charge in [-0.25, -0.2) is 4.79 Å². The predicted molar refractivity (Wildman–Crippen MR) is 207 cm³/mol. The molecule has 0 rings (SSSR count). The Bertz CT molecular complexity index is 1260. The van der Waals surface area contributed by atoms with E-state index in [-0.39, 0.29) is 62.4 Å². The van der Waals surface area contributed by atoms with Crippen LogP contribution in [0.1, 0.15) is 80.1 Å². The summed E-state index contributed by atoms with van der Waals surface area (Å²) in [5.41, 5.74) is 27.3. The molecule has 0 aliphatic rings. The molecule has 0 aliphatic heterocycles. The molecule has 19 nitrogen and oxygen atoms in total. The number of amides is 5. The van der Waals surface area contributed by atoms with E-state index in [9.17, 15) is 33.9 Å². The molecule has 0 saturated heterocycles. The SMILES string of the molecule is CSCC[C@H](NC(=O)[C@@H](NC(=O)[C@@H](N)CCCN=C(N)N)C(C)C)C(=O)N[C@@H](CC(C)C)C(=O)N[C@H](C(=O)N[C@@H](CCCN=C(N)N)C(=O)O)C(C)C. The van der Waals surface area contributed by atoms with Crippen molar-refractivity contribution in [3.8, 4) is 0 Å². The monoisotopic (exact) mass is 772 g/mol. The van der Waals surface area contributed by atoms with Gasteiger partial charge >= 0.3 is 5.97 Å². The second-order valence-electron chi connectivity index (χ2n) is 13.9. The standard InChI is InChI=1S/C33H64N12O7S/c1-17(2)16-23(28(48)45-25(19(5)6)30(50)42-22(31(51)52)11-9-14-40-33(37)38)43-27(47)21(12-15-53-7)41-29(49)24(18(3)4)44-26(46)20(34)10-8-13-39-32(35)36/h17-25H,8-16,34H2,1-7H3,(H,41,49)(H,42,50)(H,43,47)(H,44,46)(H,45,48)(H,51,52)(H4,35,36,39)(H4,37,38,40)/t20-,21-,22-,23-,24-,25-/m0/s1. The molecule has 6 atom stereocenters. The number of rotatable bonds is 26. The summed E-state index contributed by atoms with van der Waals surface area (Å²) in [7, 11) is 0. The van der Waals surface area contributed by atoms with E-state index in [2.05, 4.69) is 36.6 Å². The number of nitrogens with zero attached hydrogens (tertiary/aromatic N) is 2. The third-order valence-electron chi connectivity index (χ3n) is 7.94. The van der Waals surface area contributed by atoms with Gasteiger partial charge in [0.25, 0.3) is 0 Å². The van der Waals surface area contributed by atoms with Crippen LogP contribution in [0, 0.1) is 17.8 Å². The van der Waals surface area contributed by atoms with Crippen LogP contribution in [0.3, 0.4) is 0 Å². The number of hydrogen-bond acceptors (Lipinski definition) is 10. The normalized spacial score (nSPS) is 14.5. The molecule has 0 spiro atoms. The number of carboxylic acid groups (broad SMARTS) is 1. The number of guanidine groups is 2. The Kier molecular flexibility index (Phi) is 23.5. The maximum absolute atomic E-state index is 13.7. The van der Waals surface area contributed by atoms with Crippen LogP contribution < -0.4 is 55.3 Å². The van der Waals surface area contributed by atoms with E-state index in [1.807, 2.05) is 20.1 Å². The van der Waals surface area contributed by atoms with Gasteiger partial charge in [0.1, 0.15) is 30.2 Å². The number of aliphatic imine (C=N–C) groups is 2. The number of carbonyl (C=O) groups excluding carboxylic acids is 5. The number of carboxylic acids is 1. The Balaban J connectivity index is 5.92. The molecule has 5 amide bonds. The minimum Gasteiger partial charge on any atom is -0.480 e. The molecule has 304 valence electrons. The zero-order valence-electron chi connectivity index (χ0n) is 32.1. The quantitative estimate of drug-likeness (QED) is 0.0259. The van der Waals surface area contributed by atoms with Crippen molar-refractivity contribution in [2.45, 2.75) is 116 Å². The lowest BCUT2D eigenvalue weighted by Crippen LogP contribution is -2.60. The molecule has 0 unspecified atom stereocenters. The van der Waals surface area contributed by atoms with Crippen LogP contribution in [0.25, 0.3) is 0 Å². The highest BCUT2D eigenvalue weighted by Gasteiger charge is 2.34. The summed E-state index contributed by atoms with van der Waals surface area (Å²) in [5.74, 6) is -5.01. The predicted octanol–water partition coefficient (Wildman–Crippen LogP) is -1.96. The first-order valence-corrected chi connectivity index (χ1v) is 19.2. The number of nitrogens with one attached hydrogen (secondary N) is 5. The number of nitrogens with two attached hydrogens (primary N) is 5. The Morgan fingerprint density at radius 3 is 1.47 bits per heavy atom. The fourth-order valence-corrected chi connectivity index (χ4v) is 5.47. The van der Waals surface area contributed by atoms with Gasteiger partial charge in [0.05, 0.1) is 6.04 Å². The van der Waals surface area contributed by atoms with Crippen molar-refractivity contribution in [3.05, 3.63) is 0 Å². The third-order valence-corrected chi connectivity index (χ3v) is 8.59. The summed E-state index contributed by atoms with van der Waals surface area (Å²) in [6, 6.07) is -6.49. The summed E-state index contributed by atoms with van der Waals surface area (Å²) in [6.07, 6.45) is 3.29. The molecule has 0 aromatic carbocycles. The van der Waals surface area contributed by atoms with Gasteiger partial charge < -0.3 is 60.4 Å². The van der Waals surface area contributed by atoms with E-state index in [1.165, 1.54) is 11.8 Å². The minimum atomic E-state index is -1.26. The van der Waals surface area contributed by atoms with E-state index < -0.39 is 77.7 Å². The smallest absolute Gasteiger partial charge is 0.326 e. The zero-order valence-corrected chi connectivity index (χ0v) is 33.0. The molecule has 0 bridgehead atoms. The first-order chi connectivity index (χ1) is 24.7. The summed E-state index contributed by atoms with van der Waals surface area (Å²) in [4.78, 5) is 86.6. The first-order valence-electron chi connectivity index (χ1n) is 17.8. The van der Waals surface area contributed by atoms with E-state index in [4.69, 9.17) is 28.7 Å². The van der Waals surface area contributed by atoms with Gasteiger partial charge in [-0.2, -0.15) is 11.8 Å². The van der Waals surface area contributed by atoms with Crippen LogP contribution >= 0.6 is 11.8 Å². The fraction of sp³-hybridized carbons (Fsp3) is 0.758. The maximum Gasteiger partial charge on any atom is 0.326 e. The van der Waals surface area contributed by atoms with Crippen molar-refractivity contribution in [2.75, 3.05) is 25.1 Å². The summed E-state index contributed by atoms with van der Waals surface area (Å²) in [5, 5.41) is 23.0. The van der Waals surface area contributed by atoms with E-state index in [1.54, 1.807) is 27.7 Å². The molecular weight excluding hydrogens is 709 g/mol. The second kappa shape index (κ2) is 25.6. The molecule has 0 aliphatic carbocycles. The number of hydrogen-bond donors (Lipinski definition) is 11. The molecule has 53 heavy (non-hydrogen) atoms. The van der Waals surface area contributed by atoms with Gasteiger partial charge in [0.2, 0.25) is 29.5 Å². The minimum absolute atomic E-state index is 0.0423. The average Bonchev–Trinajstić information content (AvgIpc) is 3.05. The molecule has 0 radical (unpaired) electrons. The van der Waals surface area contributed by atoms with Crippen molar-refractivity contribution in [1.29, 1.82) is 0 Å². The molecular formula is C33H64N12O7S. The highest BCUT2D eigenvalue weighted by molar-refractivity contribution is 7.98. The molecule has 20 heteroatoms. The van der Waals surface area contributed by atoms with E-state index in [0.717, 1.165) is 0 Å². The number of carbonyl (C=O) groups is 6. The van der Waals surface area contributed by atoms with Crippen molar-refractivity contribution in [3.63, 3.8) is 0 Å². The third kappa shape index (κ3) is 20.5. The summed E-state index contributed by atoms with van der Waals surface area (Å²) < 4.78 is 0. The van der Waals surface area contributed by atoms with Crippen LogP contribution in [0.2, 0.25) is 0 Å². The van der Waals surface area contributed by atoms with Crippen molar-refractivity contribution in [2.24, 2.45) is 56.4 Å². The molecule has 0 heterocycles. The van der Waals surface area contributed by atoms with Crippen molar-refractivity contribution < 1.29 is 33.9 Å². The Morgan fingerprint density at radius 2 is 1.04 bits per heavy atom. The van der Waals surface area contributed by atoms with Gasteiger partial charge in [-0.3, -0.25) is 34.0 Å². The van der Waals surface area contributed by atoms with Crippen LogP contribution in [0.4, 0.5) is 0 Å². The first kappa shape index (κ1) is 48.7. The van der Waals surface area contributed by atoms with Crippen molar-refractivity contribution >= 4 is 59.2 Å². The molecule has 16 N–H and O–H groups in total. The van der Waals surface area contributed by atoms with Crippen molar-refractivity contribution in [1.82, 2.24) is 26.6 Å². The van der Waals surface area contributed by atoms with E-state index >= 15 is 0 Å². The lowest BCUT2D eigenvalue weighted by Gasteiger charge is -2.29. The summed E-state index contributed by atoms with van der Waals surface area (Å²) >= 11 is 1.45. The summed E-state index contributed by atoms with van der Waals surface area (Å²) in [6.45, 7) is 11.0. The van der Waals surface area contributed by atoms with Gasteiger partial charge in [-0.05, 0) is 68.3 Å². The number of aliphatic carboxylic acids is 1. The van der Waals surface area contributed by atoms with Gasteiger partial charge in [0.15, 0.2) is 11.9 Å². The van der Waals surface area contributed by atoms with Gasteiger partial charge in [0, 0.05) is 13.1 Å². The molecule has 0 saturated carbocycles. The highest BCUT2D eigenvalue weighted by Crippen LogP contribution is 2.12. The Labute approximate surface area is 317 Å². The van der Waals surface area contributed by atoms with Gasteiger partial charge in [-0.15, -0.1) is 0 Å². The molecule has 0 fully saturated rings. The second-order valence-corrected chi connectivity index (χ2v) is 14.9. The van der Waals surface area contributed by atoms with Crippen LogP contribution in [-0.4, -0.2) is 114 Å². The lowest BCUT2D eigenvalue weighted by atomic mass is 9.99. The average molecular weight is 773 g/mol. The van der Waals surface area contributed by atoms with E-state index in [0.29, 0.717) is 18.7 Å². The zero-order chi connectivity index (χ0) is 40.8. The largest absolute Gasteiger partial charge is 0.480 e. The molecule has 0 aromatic heterocycles. The molecule has 0 aromatic rings. The fourth-order valence-electron chi connectivity index (χ4n) is 5.00. The Morgan fingerprint density at radius 1 is 0.604 bits per heavy atom. The van der Waals surface area contributed by atoms with Crippen LogP contribution in [0.5, 0.6) is 0 Å². The van der Waals surface area contributed by atoms with Crippen LogP contribution in [0.15, 0.2) is 9.98 Å². The highest BCUT2D eigenvalue weighted by atomic mass is 32.2. The number of thioether (sulfide) groups is 1. The maximum atomic E-state index is 13.7. The Hall–Kier alpha value is -4.33. The lowest BCUT2D eigenvalue weighted by molar-refractivity contribution is -0.142. The topological polar surface area (TPSA) is 338 Å². The van der Waals surface area contributed by atoms with Crippen LogP contribution in [-0.2, 0) is 28.8 Å².